The van der Waals surface area contributed by atoms with Gasteiger partial charge in [0.25, 0.3) is 0 Å². The Labute approximate surface area is 91.5 Å². The summed E-state index contributed by atoms with van der Waals surface area (Å²) < 4.78 is 0. The highest BCUT2D eigenvalue weighted by Gasteiger charge is 2.37. The van der Waals surface area contributed by atoms with E-state index in [2.05, 4.69) is 13.8 Å². The lowest BCUT2D eigenvalue weighted by atomic mass is 9.87. The summed E-state index contributed by atoms with van der Waals surface area (Å²) in [6.07, 6.45) is 3.61. The fourth-order valence-electron chi connectivity index (χ4n) is 2.88. The molecule has 0 amide bonds. The van der Waals surface area contributed by atoms with E-state index in [1.807, 2.05) is 0 Å². The number of hydrogen-bond donors (Lipinski definition) is 2. The van der Waals surface area contributed by atoms with Gasteiger partial charge in [0, 0.05) is 0 Å². The number of hydrogen-bond acceptors (Lipinski definition) is 2. The molecule has 0 heterocycles. The summed E-state index contributed by atoms with van der Waals surface area (Å²) in [5, 5.41) is 18.5. The van der Waals surface area contributed by atoms with Crippen LogP contribution < -0.4 is 0 Å². The van der Waals surface area contributed by atoms with Crippen LogP contribution in [0.3, 0.4) is 0 Å². The van der Waals surface area contributed by atoms with Crippen molar-refractivity contribution in [2.75, 3.05) is 0 Å². The number of aliphatic hydroxyl groups excluding tert-OH is 1. The van der Waals surface area contributed by atoms with E-state index in [0.717, 1.165) is 25.7 Å². The molecular weight excluding hydrogens is 192 g/mol. The highest BCUT2D eigenvalue weighted by Crippen LogP contribution is 2.42. The second-order valence-electron chi connectivity index (χ2n) is 4.74. The summed E-state index contributed by atoms with van der Waals surface area (Å²) in [7, 11) is 0. The van der Waals surface area contributed by atoms with E-state index in [0.29, 0.717) is 11.8 Å². The van der Waals surface area contributed by atoms with Gasteiger partial charge < -0.3 is 10.2 Å². The second kappa shape index (κ2) is 5.50. The molecule has 4 unspecified atom stereocenters. The lowest BCUT2D eigenvalue weighted by Crippen LogP contribution is -2.26. The van der Waals surface area contributed by atoms with Crippen LogP contribution in [-0.4, -0.2) is 22.3 Å². The fraction of sp³-hybridized carbons (Fsp3) is 0.917. The third-order valence-corrected chi connectivity index (χ3v) is 3.83. The molecule has 1 saturated carbocycles. The van der Waals surface area contributed by atoms with Crippen LogP contribution in [0.5, 0.6) is 0 Å². The van der Waals surface area contributed by atoms with E-state index in [-0.39, 0.29) is 12.3 Å². The summed E-state index contributed by atoms with van der Waals surface area (Å²) >= 11 is 0. The fourth-order valence-corrected chi connectivity index (χ4v) is 2.88. The maximum absolute atomic E-state index is 10.6. The Morgan fingerprint density at radius 2 is 2.00 bits per heavy atom. The molecule has 0 spiro atoms. The van der Waals surface area contributed by atoms with Crippen LogP contribution in [0.25, 0.3) is 0 Å². The Morgan fingerprint density at radius 3 is 2.47 bits per heavy atom. The zero-order valence-corrected chi connectivity index (χ0v) is 9.65. The van der Waals surface area contributed by atoms with Crippen LogP contribution in [0.15, 0.2) is 0 Å². The van der Waals surface area contributed by atoms with E-state index in [1.54, 1.807) is 0 Å². The van der Waals surface area contributed by atoms with Gasteiger partial charge in [-0.05, 0) is 30.6 Å². The first-order valence-electron chi connectivity index (χ1n) is 5.98. The van der Waals surface area contributed by atoms with Gasteiger partial charge in [0.1, 0.15) is 0 Å². The van der Waals surface area contributed by atoms with Gasteiger partial charge in [-0.3, -0.25) is 4.79 Å². The Kier molecular flexibility index (Phi) is 4.58. The van der Waals surface area contributed by atoms with E-state index in [4.69, 9.17) is 5.11 Å². The minimum absolute atomic E-state index is 0.0996. The normalized spacial score (nSPS) is 32.9. The first-order chi connectivity index (χ1) is 7.08. The van der Waals surface area contributed by atoms with Crippen LogP contribution >= 0.6 is 0 Å². The van der Waals surface area contributed by atoms with E-state index < -0.39 is 12.1 Å². The van der Waals surface area contributed by atoms with E-state index >= 15 is 0 Å². The number of aliphatic carboxylic acids is 1. The summed E-state index contributed by atoms with van der Waals surface area (Å²) in [4.78, 5) is 10.6. The number of carbonyl (C=O) groups is 1. The summed E-state index contributed by atoms with van der Waals surface area (Å²) in [6.45, 7) is 4.30. The zero-order valence-electron chi connectivity index (χ0n) is 9.65. The lowest BCUT2D eigenvalue weighted by Gasteiger charge is -2.22. The van der Waals surface area contributed by atoms with Gasteiger partial charge >= 0.3 is 5.97 Å². The predicted octanol–water partition coefficient (Wildman–Crippen LogP) is 2.28. The van der Waals surface area contributed by atoms with Crippen molar-refractivity contribution in [1.82, 2.24) is 0 Å². The van der Waals surface area contributed by atoms with E-state index in [9.17, 15) is 9.90 Å². The minimum atomic E-state index is -0.891. The van der Waals surface area contributed by atoms with Crippen molar-refractivity contribution in [2.45, 2.75) is 52.1 Å². The molecule has 2 N–H and O–H groups in total. The molecule has 1 fully saturated rings. The maximum Gasteiger partial charge on any atom is 0.305 e. The number of carboxylic acid groups (broad SMARTS) is 1. The van der Waals surface area contributed by atoms with Crippen molar-refractivity contribution >= 4 is 5.97 Å². The maximum atomic E-state index is 10.6. The molecule has 0 aromatic carbocycles. The average Bonchev–Trinajstić information content (AvgIpc) is 2.59. The third-order valence-electron chi connectivity index (χ3n) is 3.83. The molecule has 1 rings (SSSR count). The zero-order chi connectivity index (χ0) is 11.4. The van der Waals surface area contributed by atoms with E-state index in [1.165, 1.54) is 0 Å². The highest BCUT2D eigenvalue weighted by atomic mass is 16.4. The van der Waals surface area contributed by atoms with Gasteiger partial charge in [0.2, 0.25) is 0 Å². The molecular formula is C12H22O3. The van der Waals surface area contributed by atoms with Gasteiger partial charge in [0.15, 0.2) is 0 Å². The molecule has 0 aromatic heterocycles. The predicted molar refractivity (Wildman–Crippen MR) is 58.5 cm³/mol. The molecule has 4 atom stereocenters. The van der Waals surface area contributed by atoms with Gasteiger partial charge in [-0.15, -0.1) is 0 Å². The molecule has 0 bridgehead atoms. The lowest BCUT2D eigenvalue weighted by molar-refractivity contribution is -0.140. The van der Waals surface area contributed by atoms with Crippen molar-refractivity contribution in [2.24, 2.45) is 17.8 Å². The minimum Gasteiger partial charge on any atom is -0.481 e. The Hall–Kier alpha value is -0.570. The molecule has 0 aromatic rings. The molecule has 0 aliphatic heterocycles. The van der Waals surface area contributed by atoms with Crippen molar-refractivity contribution in [3.63, 3.8) is 0 Å². The largest absolute Gasteiger partial charge is 0.481 e. The molecule has 3 heteroatoms. The second-order valence-corrected chi connectivity index (χ2v) is 4.74. The van der Waals surface area contributed by atoms with Gasteiger partial charge in [0.05, 0.1) is 12.5 Å². The SMILES string of the molecule is CCC1CC(CC)C(C(O)CC(=O)O)C1. The van der Waals surface area contributed by atoms with Crippen LogP contribution in [0.1, 0.15) is 46.0 Å². The average molecular weight is 214 g/mol. The Morgan fingerprint density at radius 1 is 1.33 bits per heavy atom. The summed E-state index contributed by atoms with van der Waals surface area (Å²) in [5.74, 6) is 0.515. The molecule has 0 radical (unpaired) electrons. The van der Waals surface area contributed by atoms with Crippen LogP contribution in [0.4, 0.5) is 0 Å². The van der Waals surface area contributed by atoms with Crippen LogP contribution in [-0.2, 0) is 4.79 Å². The first kappa shape index (κ1) is 12.5. The molecule has 15 heavy (non-hydrogen) atoms. The summed E-state index contributed by atoms with van der Waals surface area (Å²) in [6, 6.07) is 0. The quantitative estimate of drug-likeness (QED) is 0.738. The number of rotatable bonds is 5. The Bertz CT molecular complexity index is 215. The topological polar surface area (TPSA) is 57.5 Å². The smallest absolute Gasteiger partial charge is 0.305 e. The van der Waals surface area contributed by atoms with Gasteiger partial charge in [-0.2, -0.15) is 0 Å². The standard InChI is InChI=1S/C12H22O3/c1-3-8-5-9(4-2)10(6-8)11(13)7-12(14)15/h8-11,13H,3-7H2,1-2H3,(H,14,15). The molecule has 88 valence electrons. The van der Waals surface area contributed by atoms with Gasteiger partial charge in [-0.25, -0.2) is 0 Å². The highest BCUT2D eigenvalue weighted by molar-refractivity contribution is 5.67. The van der Waals surface area contributed by atoms with Crippen molar-refractivity contribution in [3.05, 3.63) is 0 Å². The van der Waals surface area contributed by atoms with Crippen molar-refractivity contribution in [1.29, 1.82) is 0 Å². The molecule has 3 nitrogen and oxygen atoms in total. The first-order valence-corrected chi connectivity index (χ1v) is 5.98. The monoisotopic (exact) mass is 214 g/mol. The molecule has 1 aliphatic rings. The number of aliphatic hydroxyl groups is 1. The van der Waals surface area contributed by atoms with Crippen molar-refractivity contribution < 1.29 is 15.0 Å². The summed E-state index contributed by atoms with van der Waals surface area (Å²) in [5.41, 5.74) is 0. The third kappa shape index (κ3) is 3.20. The number of carboxylic acids is 1. The Balaban J connectivity index is 2.55. The van der Waals surface area contributed by atoms with Gasteiger partial charge in [-0.1, -0.05) is 26.7 Å². The van der Waals surface area contributed by atoms with Crippen LogP contribution in [0.2, 0.25) is 0 Å². The van der Waals surface area contributed by atoms with Crippen molar-refractivity contribution in [3.8, 4) is 0 Å². The molecule has 1 aliphatic carbocycles. The molecule has 0 saturated heterocycles. The van der Waals surface area contributed by atoms with Crippen LogP contribution in [0, 0.1) is 17.8 Å².